The van der Waals surface area contributed by atoms with Gasteiger partial charge in [-0.25, -0.2) is 0 Å². The van der Waals surface area contributed by atoms with Crippen molar-refractivity contribution < 1.29 is 19.6 Å². The van der Waals surface area contributed by atoms with Crippen LogP contribution < -0.4 is 20.1 Å². The molecular weight excluding hydrogens is 352 g/mol. The lowest BCUT2D eigenvalue weighted by atomic mass is 9.94. The third-order valence-electron chi connectivity index (χ3n) is 4.86. The maximum atomic E-state index is 12.5. The van der Waals surface area contributed by atoms with E-state index < -0.39 is 0 Å². The molecule has 1 atom stereocenters. The van der Waals surface area contributed by atoms with Gasteiger partial charge < -0.3 is 20.1 Å². The second-order valence-electron chi connectivity index (χ2n) is 7.32. The Morgan fingerprint density at radius 1 is 1.07 bits per heavy atom. The van der Waals surface area contributed by atoms with Gasteiger partial charge in [-0.05, 0) is 24.1 Å². The van der Waals surface area contributed by atoms with E-state index in [0.29, 0.717) is 29.6 Å². The second kappa shape index (κ2) is 10.7. The molecule has 0 fully saturated rings. The van der Waals surface area contributed by atoms with Gasteiger partial charge in [-0.15, -0.1) is 0 Å². The van der Waals surface area contributed by atoms with E-state index in [-0.39, 0.29) is 11.9 Å². The number of aryl methyl sites for hydroxylation is 1. The van der Waals surface area contributed by atoms with Gasteiger partial charge in [0, 0.05) is 17.5 Å². The van der Waals surface area contributed by atoms with Gasteiger partial charge in [0.1, 0.15) is 17.5 Å². The summed E-state index contributed by atoms with van der Waals surface area (Å²) in [5, 5.41) is 5.04. The average molecular weight is 386 g/mol. The Kier molecular flexibility index (Phi) is 8.33. The minimum Gasteiger partial charge on any atom is -0.497 e. The summed E-state index contributed by atoms with van der Waals surface area (Å²) in [6, 6.07) is 14.4. The summed E-state index contributed by atoms with van der Waals surface area (Å²) in [6.07, 6.45) is 2.25. The summed E-state index contributed by atoms with van der Waals surface area (Å²) in [6.45, 7) is 6.90. The minimum atomic E-state index is -0.0586. The lowest BCUT2D eigenvalue weighted by molar-refractivity contribution is -0.692. The molecule has 0 heterocycles. The Bertz CT molecular complexity index is 757. The molecule has 28 heavy (non-hydrogen) atoms. The number of nitrogens with two attached hydrogens (primary N) is 1. The molecule has 152 valence electrons. The van der Waals surface area contributed by atoms with Gasteiger partial charge in [0.25, 0.3) is 5.91 Å². The average Bonchev–Trinajstić information content (AvgIpc) is 2.69. The van der Waals surface area contributed by atoms with Gasteiger partial charge in [0.05, 0.1) is 19.9 Å². The van der Waals surface area contributed by atoms with E-state index in [9.17, 15) is 4.79 Å². The largest absolute Gasteiger partial charge is 0.497 e. The number of ether oxygens (including phenoxy) is 2. The van der Waals surface area contributed by atoms with Gasteiger partial charge >= 0.3 is 0 Å². The molecule has 2 rings (SSSR count). The fraction of sp³-hybridized carbons (Fsp3) is 0.435. The first-order valence-electron chi connectivity index (χ1n) is 9.92. The number of carbonyl (C=O) groups excluding carboxylic acids is 1. The van der Waals surface area contributed by atoms with Crippen LogP contribution in [0.1, 0.15) is 44.4 Å². The molecule has 2 aromatic carbocycles. The maximum absolute atomic E-state index is 12.5. The minimum absolute atomic E-state index is 0.0586. The zero-order valence-corrected chi connectivity index (χ0v) is 17.6. The molecule has 5 nitrogen and oxygen atoms in total. The van der Waals surface area contributed by atoms with Crippen LogP contribution in [0, 0.1) is 5.92 Å². The quantitative estimate of drug-likeness (QED) is 0.657. The normalized spacial score (nSPS) is 11.9. The predicted octanol–water partition coefficient (Wildman–Crippen LogP) is 3.56. The Balaban J connectivity index is 2.00. The Hall–Kier alpha value is -2.53. The molecular formula is C23H33N2O3+. The molecule has 5 heteroatoms. The fourth-order valence-corrected chi connectivity index (χ4v) is 3.33. The van der Waals surface area contributed by atoms with E-state index in [1.165, 1.54) is 11.1 Å². The topological polar surface area (TPSA) is 64.2 Å². The van der Waals surface area contributed by atoms with Crippen LogP contribution in [0.3, 0.4) is 0 Å². The zero-order chi connectivity index (χ0) is 20.5. The Morgan fingerprint density at radius 2 is 1.79 bits per heavy atom. The molecule has 1 amide bonds. The number of quaternary nitrogens is 1. The molecule has 0 radical (unpaired) electrons. The summed E-state index contributed by atoms with van der Waals surface area (Å²) in [5.41, 5.74) is 3.26. The molecule has 3 N–H and O–H groups in total. The van der Waals surface area contributed by atoms with Crippen LogP contribution in [0.2, 0.25) is 0 Å². The molecule has 0 aliphatic rings. The van der Waals surface area contributed by atoms with Crippen molar-refractivity contribution in [3.8, 4) is 11.5 Å². The first kappa shape index (κ1) is 21.8. The number of methoxy groups -OCH3 is 2. The van der Waals surface area contributed by atoms with Crippen molar-refractivity contribution in [3.05, 3.63) is 53.6 Å². The van der Waals surface area contributed by atoms with E-state index in [1.807, 2.05) is 0 Å². The number of amides is 1. The van der Waals surface area contributed by atoms with Crippen molar-refractivity contribution in [2.45, 2.75) is 39.7 Å². The summed E-state index contributed by atoms with van der Waals surface area (Å²) in [5.74, 6) is 1.63. The maximum Gasteiger partial charge on any atom is 0.279 e. The number of rotatable bonds is 10. The molecule has 0 saturated carbocycles. The van der Waals surface area contributed by atoms with Crippen molar-refractivity contribution in [3.63, 3.8) is 0 Å². The summed E-state index contributed by atoms with van der Waals surface area (Å²) < 4.78 is 10.5. The lowest BCUT2D eigenvalue weighted by Gasteiger charge is -2.20. The molecule has 0 bridgehead atoms. The monoisotopic (exact) mass is 385 g/mol. The molecule has 2 aromatic rings. The van der Waals surface area contributed by atoms with E-state index in [0.717, 1.165) is 12.8 Å². The first-order valence-corrected chi connectivity index (χ1v) is 9.92. The van der Waals surface area contributed by atoms with Crippen LogP contribution in [-0.2, 0) is 11.2 Å². The van der Waals surface area contributed by atoms with Crippen LogP contribution >= 0.6 is 0 Å². The predicted molar refractivity (Wildman–Crippen MR) is 113 cm³/mol. The molecule has 0 aromatic heterocycles. The van der Waals surface area contributed by atoms with Crippen LogP contribution in [0.4, 0.5) is 5.69 Å². The van der Waals surface area contributed by atoms with Crippen molar-refractivity contribution >= 4 is 11.6 Å². The third-order valence-corrected chi connectivity index (χ3v) is 4.86. The van der Waals surface area contributed by atoms with E-state index >= 15 is 0 Å². The number of nitrogens with one attached hydrogen (secondary N) is 1. The molecule has 0 unspecified atom stereocenters. The third kappa shape index (κ3) is 5.99. The molecule has 0 aliphatic heterocycles. The Morgan fingerprint density at radius 3 is 2.36 bits per heavy atom. The smallest absolute Gasteiger partial charge is 0.279 e. The Labute approximate surface area is 168 Å². The van der Waals surface area contributed by atoms with Crippen molar-refractivity contribution in [2.24, 2.45) is 5.92 Å². The van der Waals surface area contributed by atoms with Gasteiger partial charge in [-0.3, -0.25) is 4.79 Å². The van der Waals surface area contributed by atoms with Crippen LogP contribution in [0.5, 0.6) is 11.5 Å². The second-order valence-corrected chi connectivity index (χ2v) is 7.32. The first-order chi connectivity index (χ1) is 13.5. The van der Waals surface area contributed by atoms with Crippen LogP contribution in [-0.4, -0.2) is 26.7 Å². The highest BCUT2D eigenvalue weighted by atomic mass is 16.5. The number of benzene rings is 2. The molecule has 0 spiro atoms. The van der Waals surface area contributed by atoms with E-state index in [1.54, 1.807) is 32.4 Å². The highest BCUT2D eigenvalue weighted by Gasteiger charge is 2.21. The van der Waals surface area contributed by atoms with Crippen molar-refractivity contribution in [1.82, 2.24) is 0 Å². The molecule has 0 aliphatic carbocycles. The van der Waals surface area contributed by atoms with Gasteiger partial charge in [-0.2, -0.15) is 0 Å². The van der Waals surface area contributed by atoms with Gasteiger partial charge in [-0.1, -0.05) is 51.5 Å². The number of hydrogen-bond donors (Lipinski definition) is 2. The van der Waals surface area contributed by atoms with Crippen molar-refractivity contribution in [2.75, 3.05) is 26.1 Å². The fourth-order valence-electron chi connectivity index (χ4n) is 3.33. The van der Waals surface area contributed by atoms with Crippen LogP contribution in [0.25, 0.3) is 0 Å². The standard InChI is InChI=1S/C23H32N2O3/c1-6-7-17-8-10-18(11-9-17)23(16(2)3)24-15-22(26)25-20-13-12-19(27-4)14-21(20)28-5/h8-14,16,23-24H,6-7,15H2,1-5H3,(H,25,26)/p+1/t23-/m1/s1. The number of anilines is 1. The van der Waals surface area contributed by atoms with Gasteiger partial charge in [0.2, 0.25) is 0 Å². The van der Waals surface area contributed by atoms with E-state index in [4.69, 9.17) is 9.47 Å². The van der Waals surface area contributed by atoms with Crippen LogP contribution in [0.15, 0.2) is 42.5 Å². The number of hydrogen-bond acceptors (Lipinski definition) is 3. The highest BCUT2D eigenvalue weighted by molar-refractivity contribution is 5.93. The van der Waals surface area contributed by atoms with Gasteiger partial charge in [0.15, 0.2) is 6.54 Å². The van der Waals surface area contributed by atoms with Crippen molar-refractivity contribution in [1.29, 1.82) is 0 Å². The highest BCUT2D eigenvalue weighted by Crippen LogP contribution is 2.28. The van der Waals surface area contributed by atoms with E-state index in [2.05, 4.69) is 55.7 Å². The summed E-state index contributed by atoms with van der Waals surface area (Å²) in [4.78, 5) is 12.5. The lowest BCUT2D eigenvalue weighted by Crippen LogP contribution is -2.88. The SMILES string of the molecule is CCCc1ccc([C@H]([NH2+]CC(=O)Nc2ccc(OC)cc2OC)C(C)C)cc1. The summed E-state index contributed by atoms with van der Waals surface area (Å²) >= 11 is 0. The number of carbonyl (C=O) groups is 1. The summed E-state index contributed by atoms with van der Waals surface area (Å²) in [7, 11) is 3.18. The molecule has 0 saturated heterocycles. The zero-order valence-electron chi connectivity index (χ0n) is 17.6.